The van der Waals surface area contributed by atoms with Crippen molar-refractivity contribution in [2.45, 2.75) is 51.6 Å². The van der Waals surface area contributed by atoms with Gasteiger partial charge in [0.15, 0.2) is 11.5 Å². The highest BCUT2D eigenvalue weighted by atomic mass is 35.5. The van der Waals surface area contributed by atoms with Crippen molar-refractivity contribution in [1.29, 1.82) is 0 Å². The molecule has 0 saturated heterocycles. The van der Waals surface area contributed by atoms with Crippen LogP contribution in [0.15, 0.2) is 12.1 Å². The van der Waals surface area contributed by atoms with E-state index in [4.69, 9.17) is 21.1 Å². The summed E-state index contributed by atoms with van der Waals surface area (Å²) in [6, 6.07) is 4.44. The third-order valence-electron chi connectivity index (χ3n) is 4.54. The Morgan fingerprint density at radius 3 is 2.52 bits per heavy atom. The first-order valence-electron chi connectivity index (χ1n) is 7.80. The van der Waals surface area contributed by atoms with Gasteiger partial charge in [0.25, 0.3) is 0 Å². The molecule has 1 saturated carbocycles. The Balaban J connectivity index is 1.99. The van der Waals surface area contributed by atoms with E-state index < -0.39 is 0 Å². The normalized spacial score (nSPS) is 17.5. The maximum Gasteiger partial charge on any atom is 0.179 e. The average Bonchev–Trinajstić information content (AvgIpc) is 2.53. The lowest BCUT2D eigenvalue weighted by Gasteiger charge is -2.28. The van der Waals surface area contributed by atoms with E-state index in [1.54, 1.807) is 14.2 Å². The molecule has 0 aromatic heterocycles. The molecule has 118 valence electrons. The van der Waals surface area contributed by atoms with Crippen LogP contribution in [-0.2, 0) is 6.54 Å². The summed E-state index contributed by atoms with van der Waals surface area (Å²) in [6.07, 6.45) is 6.81. The minimum Gasteiger partial charge on any atom is -0.493 e. The number of halogens is 1. The summed E-state index contributed by atoms with van der Waals surface area (Å²) in [6.45, 7) is 3.04. The molecule has 1 aromatic carbocycles. The zero-order valence-electron chi connectivity index (χ0n) is 13.2. The molecule has 0 aliphatic heterocycles. The zero-order valence-corrected chi connectivity index (χ0v) is 14.0. The van der Waals surface area contributed by atoms with Gasteiger partial charge in [0.05, 0.1) is 19.2 Å². The SMILES string of the molecule is COc1ccc(CNC(C)C2CCCCC2)c(Cl)c1OC. The first-order chi connectivity index (χ1) is 10.2. The van der Waals surface area contributed by atoms with Gasteiger partial charge in [-0.15, -0.1) is 0 Å². The molecule has 2 rings (SSSR count). The predicted octanol–water partition coefficient (Wildman–Crippen LogP) is 4.42. The van der Waals surface area contributed by atoms with Crippen LogP contribution in [0.3, 0.4) is 0 Å². The molecule has 1 N–H and O–H groups in total. The van der Waals surface area contributed by atoms with Crippen molar-refractivity contribution >= 4 is 11.6 Å². The maximum atomic E-state index is 6.42. The highest BCUT2D eigenvalue weighted by molar-refractivity contribution is 6.33. The van der Waals surface area contributed by atoms with Crippen LogP contribution in [-0.4, -0.2) is 20.3 Å². The molecule has 1 fully saturated rings. The lowest BCUT2D eigenvalue weighted by Crippen LogP contribution is -2.34. The van der Waals surface area contributed by atoms with Gasteiger partial charge in [-0.25, -0.2) is 0 Å². The summed E-state index contributed by atoms with van der Waals surface area (Å²) in [4.78, 5) is 0. The Kier molecular flexibility index (Phi) is 6.19. The van der Waals surface area contributed by atoms with Crippen LogP contribution in [0.1, 0.15) is 44.6 Å². The second-order valence-electron chi connectivity index (χ2n) is 5.84. The Bertz CT molecular complexity index is 458. The zero-order chi connectivity index (χ0) is 15.2. The van der Waals surface area contributed by atoms with Crippen LogP contribution >= 0.6 is 11.6 Å². The van der Waals surface area contributed by atoms with Crippen LogP contribution in [0.4, 0.5) is 0 Å². The van der Waals surface area contributed by atoms with E-state index in [1.807, 2.05) is 12.1 Å². The fourth-order valence-corrected chi connectivity index (χ4v) is 3.44. The van der Waals surface area contributed by atoms with Crippen molar-refractivity contribution in [3.8, 4) is 11.5 Å². The molecule has 0 heterocycles. The van der Waals surface area contributed by atoms with Crippen molar-refractivity contribution < 1.29 is 9.47 Å². The van der Waals surface area contributed by atoms with E-state index in [2.05, 4.69) is 12.2 Å². The van der Waals surface area contributed by atoms with Crippen LogP contribution in [0, 0.1) is 5.92 Å². The quantitative estimate of drug-likeness (QED) is 0.844. The Hall–Kier alpha value is -0.930. The van der Waals surface area contributed by atoms with E-state index in [9.17, 15) is 0 Å². The molecule has 1 aliphatic rings. The topological polar surface area (TPSA) is 30.5 Å². The molecule has 0 radical (unpaired) electrons. The van der Waals surface area contributed by atoms with Gasteiger partial charge >= 0.3 is 0 Å². The Morgan fingerprint density at radius 1 is 1.19 bits per heavy atom. The first-order valence-corrected chi connectivity index (χ1v) is 8.18. The molecular formula is C17H26ClNO2. The fourth-order valence-electron chi connectivity index (χ4n) is 3.14. The predicted molar refractivity (Wildman–Crippen MR) is 87.4 cm³/mol. The number of benzene rings is 1. The number of methoxy groups -OCH3 is 2. The summed E-state index contributed by atoms with van der Waals surface area (Å²) >= 11 is 6.42. The van der Waals surface area contributed by atoms with Crippen molar-refractivity contribution in [2.75, 3.05) is 14.2 Å². The van der Waals surface area contributed by atoms with Gasteiger partial charge in [0.1, 0.15) is 0 Å². The molecular weight excluding hydrogens is 286 g/mol. The summed E-state index contributed by atoms with van der Waals surface area (Å²) < 4.78 is 10.6. The van der Waals surface area contributed by atoms with Crippen LogP contribution in [0.25, 0.3) is 0 Å². The minimum atomic E-state index is 0.523. The molecule has 4 heteroatoms. The third-order valence-corrected chi connectivity index (χ3v) is 4.95. The first kappa shape index (κ1) is 16.4. The van der Waals surface area contributed by atoms with Gasteiger partial charge in [-0.1, -0.05) is 36.9 Å². The summed E-state index contributed by atoms with van der Waals surface area (Å²) in [5.41, 5.74) is 1.05. The summed E-state index contributed by atoms with van der Waals surface area (Å²) in [5, 5.41) is 4.26. The summed E-state index contributed by atoms with van der Waals surface area (Å²) in [5.74, 6) is 2.08. The molecule has 1 aromatic rings. The van der Waals surface area contributed by atoms with Crippen molar-refractivity contribution in [3.05, 3.63) is 22.7 Å². The number of nitrogens with one attached hydrogen (secondary N) is 1. The number of hydrogen-bond donors (Lipinski definition) is 1. The molecule has 21 heavy (non-hydrogen) atoms. The molecule has 0 spiro atoms. The molecule has 0 amide bonds. The van der Waals surface area contributed by atoms with Gasteiger partial charge in [-0.2, -0.15) is 0 Å². The molecule has 1 aliphatic carbocycles. The smallest absolute Gasteiger partial charge is 0.179 e. The van der Waals surface area contributed by atoms with E-state index in [1.165, 1.54) is 32.1 Å². The fraction of sp³-hybridized carbons (Fsp3) is 0.647. The van der Waals surface area contributed by atoms with Crippen LogP contribution in [0.5, 0.6) is 11.5 Å². The van der Waals surface area contributed by atoms with Gasteiger partial charge in [-0.3, -0.25) is 0 Å². The summed E-state index contributed by atoms with van der Waals surface area (Å²) in [7, 11) is 3.24. The Morgan fingerprint density at radius 2 is 1.90 bits per heavy atom. The lowest BCUT2D eigenvalue weighted by molar-refractivity contribution is 0.280. The second kappa shape index (κ2) is 7.90. The standard InChI is InChI=1S/C17H26ClNO2/c1-12(13-7-5-4-6-8-13)19-11-14-9-10-15(20-2)17(21-3)16(14)18/h9-10,12-13,19H,4-8,11H2,1-3H3. The minimum absolute atomic E-state index is 0.523. The van der Waals surface area contributed by atoms with Crippen LogP contribution in [0.2, 0.25) is 5.02 Å². The number of hydrogen-bond acceptors (Lipinski definition) is 3. The molecule has 3 nitrogen and oxygen atoms in total. The maximum absolute atomic E-state index is 6.42. The monoisotopic (exact) mass is 311 g/mol. The third kappa shape index (κ3) is 4.04. The van der Waals surface area contributed by atoms with Gasteiger partial charge < -0.3 is 14.8 Å². The highest BCUT2D eigenvalue weighted by Crippen LogP contribution is 2.37. The van der Waals surface area contributed by atoms with Gasteiger partial charge in [-0.05, 0) is 37.3 Å². The molecule has 0 bridgehead atoms. The largest absolute Gasteiger partial charge is 0.493 e. The molecule has 1 unspecified atom stereocenters. The van der Waals surface area contributed by atoms with Gasteiger partial charge in [0.2, 0.25) is 0 Å². The molecule has 1 atom stereocenters. The highest BCUT2D eigenvalue weighted by Gasteiger charge is 2.20. The number of rotatable bonds is 6. The average molecular weight is 312 g/mol. The van der Waals surface area contributed by atoms with E-state index in [0.717, 1.165) is 18.0 Å². The van der Waals surface area contributed by atoms with Crippen molar-refractivity contribution in [3.63, 3.8) is 0 Å². The van der Waals surface area contributed by atoms with E-state index in [0.29, 0.717) is 22.6 Å². The lowest BCUT2D eigenvalue weighted by atomic mass is 9.84. The van der Waals surface area contributed by atoms with Crippen molar-refractivity contribution in [1.82, 2.24) is 5.32 Å². The number of ether oxygens (including phenoxy) is 2. The van der Waals surface area contributed by atoms with Crippen LogP contribution < -0.4 is 14.8 Å². The second-order valence-corrected chi connectivity index (χ2v) is 6.22. The van der Waals surface area contributed by atoms with E-state index >= 15 is 0 Å². The van der Waals surface area contributed by atoms with Crippen molar-refractivity contribution in [2.24, 2.45) is 5.92 Å². The van der Waals surface area contributed by atoms with Gasteiger partial charge in [0, 0.05) is 12.6 Å². The van der Waals surface area contributed by atoms with E-state index in [-0.39, 0.29) is 0 Å². The Labute approximate surface area is 133 Å².